The summed E-state index contributed by atoms with van der Waals surface area (Å²) >= 11 is 0. The minimum atomic E-state index is -2.78. The molecule has 0 aliphatic carbocycles. The Bertz CT molecular complexity index is 1060. The fraction of sp³-hybridized carbons (Fsp3) is 0.529. The van der Waals surface area contributed by atoms with E-state index < -0.39 is 31.2 Å². The largest absolute Gasteiger partial charge is 0.354 e. The van der Waals surface area contributed by atoms with Crippen LogP contribution in [-0.2, 0) is 4.79 Å². The zero-order valence-electron chi connectivity index (χ0n) is 20.4. The Morgan fingerprint density at radius 1 is 1.75 bits per heavy atom. The molecule has 1 saturated heterocycles. The van der Waals surface area contributed by atoms with E-state index in [9.17, 15) is 4.79 Å². The van der Waals surface area contributed by atoms with E-state index in [1.165, 1.54) is 18.3 Å². The van der Waals surface area contributed by atoms with Gasteiger partial charge >= 0.3 is 5.91 Å². The number of anilines is 1. The van der Waals surface area contributed by atoms with E-state index in [1.807, 2.05) is 0 Å². The van der Waals surface area contributed by atoms with Gasteiger partial charge in [-0.05, 0) is 25.3 Å². The topological polar surface area (TPSA) is 69.5 Å². The van der Waals surface area contributed by atoms with E-state index in [2.05, 4.69) is 19.8 Å². The molecule has 1 fully saturated rings. The highest BCUT2D eigenvalue weighted by Crippen LogP contribution is 2.29. The second-order valence-electron chi connectivity index (χ2n) is 5.67. The van der Waals surface area contributed by atoms with Crippen molar-refractivity contribution in [2.24, 2.45) is 5.89 Å². The molecule has 1 amide bonds. The lowest BCUT2D eigenvalue weighted by Gasteiger charge is -2.41. The average molecular weight is 333 g/mol. The molecule has 1 N–H and O–H groups in total. The van der Waals surface area contributed by atoms with Gasteiger partial charge in [0.25, 0.3) is 6.50 Å². The van der Waals surface area contributed by atoms with Crippen molar-refractivity contribution < 1.29 is 14.4 Å². The van der Waals surface area contributed by atoms with Gasteiger partial charge in [-0.1, -0.05) is 6.85 Å². The normalized spacial score (nSPS) is 29.3. The van der Waals surface area contributed by atoms with Gasteiger partial charge in [-0.3, -0.25) is 4.79 Å². The first kappa shape index (κ1) is 9.62. The molecule has 0 radical (unpaired) electrons. The quantitative estimate of drug-likeness (QED) is 0.871. The fourth-order valence-electron chi connectivity index (χ4n) is 2.89. The van der Waals surface area contributed by atoms with E-state index in [4.69, 9.17) is 16.2 Å². The third-order valence-electron chi connectivity index (χ3n) is 4.13. The SMILES string of the molecule is [2H]c1c(C)[nH]c2ncnc(N(C)[C@H]3CN(C(=O)C([2H])([2H])[N+]#[C-])CC[C@@]3([2H])C([2H])([2H])[2H])c12. The van der Waals surface area contributed by atoms with Crippen molar-refractivity contribution in [3.63, 3.8) is 0 Å². The van der Waals surface area contributed by atoms with Crippen molar-refractivity contribution in [2.75, 3.05) is 31.5 Å². The lowest BCUT2D eigenvalue weighted by molar-refractivity contribution is -0.130. The van der Waals surface area contributed by atoms with Gasteiger partial charge in [-0.2, -0.15) is 0 Å². The first-order chi connectivity index (χ1) is 14.2. The molecular weight excluding hydrogens is 304 g/mol. The number of piperidine rings is 1. The highest BCUT2D eigenvalue weighted by Gasteiger charge is 2.33. The van der Waals surface area contributed by atoms with Crippen LogP contribution in [0.3, 0.4) is 0 Å². The number of hydrogen-bond acceptors (Lipinski definition) is 4. The third kappa shape index (κ3) is 2.92. The zero-order chi connectivity index (χ0) is 23.4. The van der Waals surface area contributed by atoms with Gasteiger partial charge in [-0.15, -0.1) is 0 Å². The predicted octanol–water partition coefficient (Wildman–Crippen LogP) is 1.86. The molecule has 3 rings (SSSR count). The van der Waals surface area contributed by atoms with E-state index in [-0.39, 0.29) is 31.4 Å². The molecule has 0 unspecified atom stereocenters. The Kier molecular flexibility index (Phi) is 2.60. The maximum absolute atomic E-state index is 12.5. The molecule has 2 aromatic rings. The number of nitrogens with zero attached hydrogens (tertiary/aromatic N) is 5. The summed E-state index contributed by atoms with van der Waals surface area (Å²) < 4.78 is 56.3. The van der Waals surface area contributed by atoms with Crippen molar-refractivity contribution in [1.82, 2.24) is 19.9 Å². The number of likely N-dealkylation sites (N-methyl/N-ethyl adjacent to an activating group) is 1. The Balaban J connectivity index is 2.09. The first-order valence-electron chi connectivity index (χ1n) is 11.0. The van der Waals surface area contributed by atoms with E-state index in [0.717, 1.165) is 4.90 Å². The maximum atomic E-state index is 12.5. The average Bonchev–Trinajstić information content (AvgIpc) is 3.00. The number of nitrogens with one attached hydrogen (secondary N) is 1. The minimum absolute atomic E-state index is 0.134. The van der Waals surface area contributed by atoms with Crippen LogP contribution in [-0.4, -0.2) is 58.4 Å². The number of carbonyl (C=O) groups excluding carboxylic acids is 1. The molecule has 24 heavy (non-hydrogen) atoms. The van der Waals surface area contributed by atoms with Crippen LogP contribution in [0, 0.1) is 19.4 Å². The van der Waals surface area contributed by atoms with Crippen LogP contribution in [0.25, 0.3) is 15.9 Å². The van der Waals surface area contributed by atoms with Gasteiger partial charge in [0.2, 0.25) is 0 Å². The summed E-state index contributed by atoms with van der Waals surface area (Å²) in [5, 5.41) is 0.357. The highest BCUT2D eigenvalue weighted by atomic mass is 16.2. The molecule has 2 aromatic heterocycles. The van der Waals surface area contributed by atoms with Crippen LogP contribution >= 0.6 is 0 Å². The van der Waals surface area contributed by atoms with Gasteiger partial charge in [0.1, 0.15) is 20.5 Å². The van der Waals surface area contributed by atoms with Crippen LogP contribution < -0.4 is 4.90 Å². The van der Waals surface area contributed by atoms with Crippen LogP contribution in [0.1, 0.15) is 28.6 Å². The summed E-state index contributed by atoms with van der Waals surface area (Å²) in [7, 11) is 1.53. The lowest BCUT2D eigenvalue weighted by atomic mass is 9.92. The summed E-state index contributed by atoms with van der Waals surface area (Å²) in [6, 6.07) is -0.970. The monoisotopic (exact) mass is 333 g/mol. The highest BCUT2D eigenvalue weighted by molar-refractivity contribution is 5.88. The molecule has 0 saturated carbocycles. The van der Waals surface area contributed by atoms with E-state index in [1.54, 1.807) is 6.92 Å². The Labute approximate surface area is 151 Å². The van der Waals surface area contributed by atoms with Gasteiger partial charge in [0, 0.05) is 31.3 Å². The Morgan fingerprint density at radius 3 is 3.33 bits per heavy atom. The summed E-state index contributed by atoms with van der Waals surface area (Å²) in [5.74, 6) is -2.83. The van der Waals surface area contributed by atoms with Crippen molar-refractivity contribution in [3.05, 3.63) is 29.5 Å². The smallest absolute Gasteiger partial charge is 0.302 e. The molecule has 7 heteroatoms. The van der Waals surface area contributed by atoms with Gasteiger partial charge < -0.3 is 19.6 Å². The van der Waals surface area contributed by atoms with Crippen LogP contribution in [0.5, 0.6) is 0 Å². The zero-order valence-corrected chi connectivity index (χ0v) is 13.4. The van der Waals surface area contributed by atoms with Crippen LogP contribution in [0.4, 0.5) is 5.82 Å². The summed E-state index contributed by atoms with van der Waals surface area (Å²) in [6.07, 6.45) is 1.01. The fourth-order valence-corrected chi connectivity index (χ4v) is 2.89. The predicted molar refractivity (Wildman–Crippen MR) is 92.6 cm³/mol. The third-order valence-corrected chi connectivity index (χ3v) is 4.13. The van der Waals surface area contributed by atoms with Crippen LogP contribution in [0.15, 0.2) is 12.4 Å². The molecule has 3 heterocycles. The standard InChI is InChI=1S/C17H22N6O/c1-11-5-6-23(15(24)8-18-3)9-14(11)22(4)17-13-7-12(2)21-16(13)19-10-20-17/h7,10-11,14H,5-6,8-9H2,1-2,4H3,(H,19,20,21)/t11-,14+/m1/s1/i1D3,7D,8D2,11D. The first-order valence-corrected chi connectivity index (χ1v) is 7.45. The minimum Gasteiger partial charge on any atom is -0.354 e. The van der Waals surface area contributed by atoms with Gasteiger partial charge in [0.05, 0.1) is 12.8 Å². The van der Waals surface area contributed by atoms with E-state index >= 15 is 0 Å². The van der Waals surface area contributed by atoms with Crippen LogP contribution in [0.2, 0.25) is 0 Å². The van der Waals surface area contributed by atoms with Gasteiger partial charge in [-0.25, -0.2) is 16.5 Å². The Hall–Kier alpha value is -2.62. The number of aromatic amines is 1. The van der Waals surface area contributed by atoms with Crippen molar-refractivity contribution in [3.8, 4) is 0 Å². The van der Waals surface area contributed by atoms with E-state index in [0.29, 0.717) is 16.7 Å². The van der Waals surface area contributed by atoms with Crippen molar-refractivity contribution in [2.45, 2.75) is 26.2 Å². The maximum Gasteiger partial charge on any atom is 0.302 e. The number of hydrogen-bond donors (Lipinski definition) is 1. The van der Waals surface area contributed by atoms with Crippen molar-refractivity contribution >= 4 is 22.8 Å². The van der Waals surface area contributed by atoms with Crippen molar-refractivity contribution in [1.29, 1.82) is 0 Å². The summed E-state index contributed by atoms with van der Waals surface area (Å²) in [6.45, 7) is 2.71. The second-order valence-corrected chi connectivity index (χ2v) is 5.67. The molecule has 2 atom stereocenters. The number of amides is 1. The summed E-state index contributed by atoms with van der Waals surface area (Å²) in [4.78, 5) is 29.1. The van der Waals surface area contributed by atoms with Gasteiger partial charge in [0.15, 0.2) is 0 Å². The number of rotatable bonds is 3. The molecule has 0 bridgehead atoms. The summed E-state index contributed by atoms with van der Waals surface area (Å²) in [5.41, 5.74) is 0.931. The number of aromatic nitrogens is 3. The molecule has 1 aliphatic heterocycles. The number of fused-ring (bicyclic) bond motifs is 1. The number of likely N-dealkylation sites (tertiary alicyclic amines) is 1. The molecule has 1 aliphatic rings. The number of H-pyrrole nitrogens is 1. The Morgan fingerprint density at radius 2 is 2.58 bits per heavy atom. The second kappa shape index (κ2) is 6.48. The number of aryl methyl sites for hydroxylation is 1. The molecular formula is C17H22N6O. The molecule has 126 valence electrons. The number of carbonyl (C=O) groups is 1. The molecule has 7 nitrogen and oxygen atoms in total. The molecule has 0 aromatic carbocycles. The molecule has 0 spiro atoms. The lowest BCUT2D eigenvalue weighted by Crippen LogP contribution is -2.53.